The first-order valence-electron chi connectivity index (χ1n) is 17.3. The van der Waals surface area contributed by atoms with Gasteiger partial charge in [0.05, 0.1) is 35.4 Å². The fraction of sp³-hybridized carbons (Fsp3) is 0.541. The van der Waals surface area contributed by atoms with Crippen LogP contribution < -0.4 is 9.62 Å². The van der Waals surface area contributed by atoms with Gasteiger partial charge in [-0.15, -0.1) is 4.72 Å². The molecule has 2 N–H and O–H groups in total. The first-order valence-corrected chi connectivity index (χ1v) is 21.4. The highest BCUT2D eigenvalue weighted by Crippen LogP contribution is 2.38. The standard InChI is InChI=1S/C37H54N6O3SSi/c1-10-20-37(44,41-47(45)35(2,3)4)33-18-15-17-30(40-33)27-23-31(42-21-12-11-13-22-42)29-25-38-43(32(29)24-27)34-19-14-16-28(39-34)26-46-48(8,9)36(5,6)7/h14-19,23-25,41,44H,10-13,20-22,26H2,1-9H3/t37-,47?/m0/s1. The molecule has 1 unspecified atom stereocenters. The van der Waals surface area contributed by atoms with Crippen LogP contribution in [0.25, 0.3) is 28.0 Å². The minimum atomic E-state index is -1.94. The largest absolute Gasteiger partial charge is 0.598 e. The number of aliphatic hydroxyl groups is 1. The van der Waals surface area contributed by atoms with Gasteiger partial charge in [-0.05, 0) is 101 Å². The Labute approximate surface area is 291 Å². The van der Waals surface area contributed by atoms with E-state index in [1.54, 1.807) is 0 Å². The Kier molecular flexibility index (Phi) is 10.8. The molecule has 11 heteroatoms. The van der Waals surface area contributed by atoms with Gasteiger partial charge in [0.2, 0.25) is 0 Å². The van der Waals surface area contributed by atoms with Gasteiger partial charge in [0, 0.05) is 41.1 Å². The fourth-order valence-corrected chi connectivity index (χ4v) is 7.46. The maximum Gasteiger partial charge on any atom is 0.200 e. The molecule has 2 atom stereocenters. The molecule has 4 heterocycles. The molecule has 1 saturated heterocycles. The molecule has 0 amide bonds. The van der Waals surface area contributed by atoms with Crippen molar-refractivity contribution < 1.29 is 14.1 Å². The van der Waals surface area contributed by atoms with Gasteiger partial charge in [-0.25, -0.2) is 14.6 Å². The second-order valence-electron chi connectivity index (χ2n) is 15.6. The van der Waals surface area contributed by atoms with E-state index < -0.39 is 30.2 Å². The number of hydrogen-bond acceptors (Lipinski definition) is 8. The summed E-state index contributed by atoms with van der Waals surface area (Å²) < 4.78 is 24.0. The summed E-state index contributed by atoms with van der Waals surface area (Å²) >= 11 is -1.49. The zero-order valence-corrected chi connectivity index (χ0v) is 32.1. The highest BCUT2D eigenvalue weighted by Gasteiger charge is 2.40. The molecule has 0 spiro atoms. The summed E-state index contributed by atoms with van der Waals surface area (Å²) in [5.74, 6) is 0.732. The number of nitrogens with one attached hydrogen (secondary N) is 1. The van der Waals surface area contributed by atoms with Gasteiger partial charge >= 0.3 is 0 Å². The molecule has 1 aliphatic rings. The minimum Gasteiger partial charge on any atom is -0.598 e. The second kappa shape index (κ2) is 14.2. The van der Waals surface area contributed by atoms with Crippen LogP contribution in [0.3, 0.4) is 0 Å². The van der Waals surface area contributed by atoms with Crippen molar-refractivity contribution in [2.45, 2.75) is 116 Å². The molecule has 1 aliphatic heterocycles. The van der Waals surface area contributed by atoms with Gasteiger partial charge in [-0.1, -0.05) is 46.2 Å². The van der Waals surface area contributed by atoms with Crippen molar-refractivity contribution in [3.05, 3.63) is 66.1 Å². The van der Waals surface area contributed by atoms with Crippen molar-refractivity contribution >= 4 is 36.3 Å². The predicted molar refractivity (Wildman–Crippen MR) is 200 cm³/mol. The first kappa shape index (κ1) is 36.5. The Balaban J connectivity index is 1.58. The molecule has 260 valence electrons. The quantitative estimate of drug-likeness (QED) is 0.0926. The summed E-state index contributed by atoms with van der Waals surface area (Å²) in [4.78, 5) is 12.5. The van der Waals surface area contributed by atoms with E-state index in [9.17, 15) is 9.66 Å². The average Bonchev–Trinajstić information content (AvgIpc) is 3.47. The van der Waals surface area contributed by atoms with Crippen molar-refractivity contribution in [2.75, 3.05) is 18.0 Å². The lowest BCUT2D eigenvalue weighted by molar-refractivity contribution is 0.0101. The highest BCUT2D eigenvalue weighted by atomic mass is 32.2. The van der Waals surface area contributed by atoms with Crippen LogP contribution in [0.1, 0.15) is 92.0 Å². The van der Waals surface area contributed by atoms with Gasteiger partial charge in [0.1, 0.15) is 4.75 Å². The van der Waals surface area contributed by atoms with E-state index in [-0.39, 0.29) is 5.04 Å². The lowest BCUT2D eigenvalue weighted by Crippen LogP contribution is -2.51. The number of benzene rings is 1. The SMILES string of the molecule is CCC[C@@](O)(N[S+]([O-])C(C)(C)C)c1cccc(-c2cc(N3CCCCC3)c3cnn(-c4cccc(CO[Si](C)(C)C(C)(C)C)n4)c3c2)n1. The molecular weight excluding hydrogens is 637 g/mol. The normalized spacial score (nSPS) is 16.7. The van der Waals surface area contributed by atoms with Crippen LogP contribution in [0.4, 0.5) is 5.69 Å². The average molecular weight is 691 g/mol. The third kappa shape index (κ3) is 7.98. The molecule has 5 rings (SSSR count). The second-order valence-corrected chi connectivity index (χ2v) is 22.3. The third-order valence-corrected chi connectivity index (χ3v) is 15.8. The van der Waals surface area contributed by atoms with Crippen LogP contribution in [0, 0.1) is 0 Å². The lowest BCUT2D eigenvalue weighted by Gasteiger charge is -2.36. The summed E-state index contributed by atoms with van der Waals surface area (Å²) in [6.07, 6.45) is 6.53. The number of anilines is 1. The summed E-state index contributed by atoms with van der Waals surface area (Å²) in [6.45, 7) is 21.3. The Morgan fingerprint density at radius 3 is 2.35 bits per heavy atom. The molecule has 0 saturated carbocycles. The molecule has 1 aromatic carbocycles. The summed E-state index contributed by atoms with van der Waals surface area (Å²) in [6, 6.07) is 16.0. The monoisotopic (exact) mass is 690 g/mol. The zero-order valence-electron chi connectivity index (χ0n) is 30.3. The minimum absolute atomic E-state index is 0.112. The van der Waals surface area contributed by atoms with Gasteiger partial charge < -0.3 is 19.0 Å². The van der Waals surface area contributed by atoms with Crippen molar-refractivity contribution in [1.82, 2.24) is 24.5 Å². The van der Waals surface area contributed by atoms with Crippen molar-refractivity contribution in [3.63, 3.8) is 0 Å². The van der Waals surface area contributed by atoms with Crippen LogP contribution in [0.2, 0.25) is 18.1 Å². The number of fused-ring (bicyclic) bond motifs is 1. The number of rotatable bonds is 11. The van der Waals surface area contributed by atoms with E-state index in [0.717, 1.165) is 65.3 Å². The topological polar surface area (TPSA) is 111 Å². The van der Waals surface area contributed by atoms with Gasteiger partial charge in [0.15, 0.2) is 19.9 Å². The van der Waals surface area contributed by atoms with Gasteiger partial charge in [-0.3, -0.25) is 0 Å². The highest BCUT2D eigenvalue weighted by molar-refractivity contribution is 7.90. The van der Waals surface area contributed by atoms with E-state index in [2.05, 4.69) is 55.6 Å². The van der Waals surface area contributed by atoms with Crippen LogP contribution in [0.15, 0.2) is 54.7 Å². The Bertz CT molecular complexity index is 1710. The summed E-state index contributed by atoms with van der Waals surface area (Å²) in [5, 5.41) is 17.9. The lowest BCUT2D eigenvalue weighted by atomic mass is 10.0. The molecule has 48 heavy (non-hydrogen) atoms. The summed E-state index contributed by atoms with van der Waals surface area (Å²) in [7, 11) is -1.94. The van der Waals surface area contributed by atoms with Gasteiger partial charge in [0.25, 0.3) is 0 Å². The molecule has 0 bridgehead atoms. The number of pyridine rings is 2. The molecule has 0 radical (unpaired) electrons. The number of hydrogen-bond donors (Lipinski definition) is 2. The van der Waals surface area contributed by atoms with E-state index >= 15 is 0 Å². The number of aromatic nitrogens is 4. The van der Waals surface area contributed by atoms with Crippen LogP contribution in [-0.4, -0.2) is 55.6 Å². The number of piperidine rings is 1. The molecular formula is C37H54N6O3SSi. The third-order valence-electron chi connectivity index (χ3n) is 9.66. The van der Waals surface area contributed by atoms with Crippen LogP contribution in [-0.2, 0) is 28.1 Å². The Morgan fingerprint density at radius 1 is 0.979 bits per heavy atom. The Hall–Kier alpha value is -2.80. The molecule has 9 nitrogen and oxygen atoms in total. The number of nitrogens with zero attached hydrogens (tertiary/aromatic N) is 5. The molecule has 3 aromatic heterocycles. The zero-order chi connectivity index (χ0) is 34.9. The fourth-order valence-electron chi connectivity index (χ4n) is 5.70. The van der Waals surface area contributed by atoms with E-state index in [1.165, 1.54) is 6.42 Å². The van der Waals surface area contributed by atoms with Crippen LogP contribution in [0.5, 0.6) is 0 Å². The van der Waals surface area contributed by atoms with Crippen molar-refractivity contribution in [1.29, 1.82) is 0 Å². The maximum absolute atomic E-state index is 13.1. The van der Waals surface area contributed by atoms with Crippen LogP contribution >= 0.6 is 0 Å². The molecule has 1 fully saturated rings. The van der Waals surface area contributed by atoms with E-state index in [0.29, 0.717) is 25.1 Å². The van der Waals surface area contributed by atoms with Crippen molar-refractivity contribution in [2.24, 2.45) is 0 Å². The Morgan fingerprint density at radius 2 is 1.69 bits per heavy atom. The first-order chi connectivity index (χ1) is 22.5. The summed E-state index contributed by atoms with van der Waals surface area (Å²) in [5.41, 5.74) is 3.48. The molecule has 4 aromatic rings. The maximum atomic E-state index is 13.1. The van der Waals surface area contributed by atoms with E-state index in [4.69, 9.17) is 19.5 Å². The molecule has 0 aliphatic carbocycles. The van der Waals surface area contributed by atoms with E-state index in [1.807, 2.05) is 75.0 Å². The predicted octanol–water partition coefficient (Wildman–Crippen LogP) is 7.99. The van der Waals surface area contributed by atoms with Crippen molar-refractivity contribution in [3.8, 4) is 17.1 Å². The smallest absolute Gasteiger partial charge is 0.200 e. The van der Waals surface area contributed by atoms with Gasteiger partial charge in [-0.2, -0.15) is 5.10 Å².